The van der Waals surface area contributed by atoms with Crippen molar-refractivity contribution in [2.75, 3.05) is 12.0 Å². The van der Waals surface area contributed by atoms with Crippen molar-refractivity contribution in [3.05, 3.63) is 12.7 Å². The first-order valence-electron chi connectivity index (χ1n) is 2.91. The lowest BCUT2D eigenvalue weighted by Gasteiger charge is -2.03. The van der Waals surface area contributed by atoms with Crippen molar-refractivity contribution in [2.24, 2.45) is 5.92 Å². The van der Waals surface area contributed by atoms with Crippen LogP contribution >= 0.6 is 11.8 Å². The van der Waals surface area contributed by atoms with E-state index in [1.54, 1.807) is 0 Å². The van der Waals surface area contributed by atoms with Gasteiger partial charge in [0, 0.05) is 0 Å². The highest BCUT2D eigenvalue weighted by atomic mass is 32.2. The smallest absolute Gasteiger partial charge is 0.00416 e. The van der Waals surface area contributed by atoms with E-state index < -0.39 is 0 Å². The highest BCUT2D eigenvalue weighted by Gasteiger charge is 1.94. The lowest BCUT2D eigenvalue weighted by Crippen LogP contribution is -1.94. The Labute approximate surface area is 56.4 Å². The van der Waals surface area contributed by atoms with E-state index in [2.05, 4.69) is 19.8 Å². The molecule has 0 amide bonds. The summed E-state index contributed by atoms with van der Waals surface area (Å²) in [7, 11) is 0. The van der Waals surface area contributed by atoms with Gasteiger partial charge in [0.1, 0.15) is 0 Å². The molecule has 1 unspecified atom stereocenters. The molecule has 1 heteroatoms. The topological polar surface area (TPSA) is 0 Å². The standard InChI is InChI=1S/C7H14S/c1-4-5-7(2)6-8-3/h4,7H,1,5-6H2,2-3H3. The van der Waals surface area contributed by atoms with Crippen molar-refractivity contribution in [1.82, 2.24) is 0 Å². The van der Waals surface area contributed by atoms with E-state index in [4.69, 9.17) is 0 Å². The average Bonchev–Trinajstić information content (AvgIpc) is 1.68. The fourth-order valence-electron chi connectivity index (χ4n) is 0.637. The second kappa shape index (κ2) is 5.23. The Morgan fingerprint density at radius 1 is 1.75 bits per heavy atom. The van der Waals surface area contributed by atoms with Crippen LogP contribution in [0.15, 0.2) is 12.7 Å². The Kier molecular flexibility index (Phi) is 5.29. The molecular weight excluding hydrogens is 116 g/mol. The van der Waals surface area contributed by atoms with Crippen molar-refractivity contribution in [2.45, 2.75) is 13.3 Å². The van der Waals surface area contributed by atoms with Crippen molar-refractivity contribution in [3.8, 4) is 0 Å². The zero-order valence-corrected chi connectivity index (χ0v) is 6.50. The summed E-state index contributed by atoms with van der Waals surface area (Å²) in [6, 6.07) is 0. The van der Waals surface area contributed by atoms with Gasteiger partial charge in [0.05, 0.1) is 0 Å². The summed E-state index contributed by atoms with van der Waals surface area (Å²) in [4.78, 5) is 0. The number of allylic oxidation sites excluding steroid dienone is 1. The van der Waals surface area contributed by atoms with E-state index in [0.29, 0.717) is 0 Å². The van der Waals surface area contributed by atoms with Gasteiger partial charge in [0.25, 0.3) is 0 Å². The normalized spacial score (nSPS) is 13.2. The predicted octanol–water partition coefficient (Wildman–Crippen LogP) is 2.56. The molecule has 0 saturated carbocycles. The summed E-state index contributed by atoms with van der Waals surface area (Å²) in [6.45, 7) is 5.92. The van der Waals surface area contributed by atoms with Crippen molar-refractivity contribution in [1.29, 1.82) is 0 Å². The van der Waals surface area contributed by atoms with Crippen molar-refractivity contribution in [3.63, 3.8) is 0 Å². The molecule has 0 aliphatic heterocycles. The molecule has 0 aromatic rings. The van der Waals surface area contributed by atoms with Crippen LogP contribution in [0.2, 0.25) is 0 Å². The number of hydrogen-bond donors (Lipinski definition) is 0. The summed E-state index contributed by atoms with van der Waals surface area (Å²) in [5.74, 6) is 2.06. The van der Waals surface area contributed by atoms with Crippen LogP contribution in [0.4, 0.5) is 0 Å². The Morgan fingerprint density at radius 2 is 2.38 bits per heavy atom. The third-order valence-electron chi connectivity index (χ3n) is 1.02. The van der Waals surface area contributed by atoms with Gasteiger partial charge in [-0.25, -0.2) is 0 Å². The van der Waals surface area contributed by atoms with E-state index in [9.17, 15) is 0 Å². The molecule has 48 valence electrons. The van der Waals surface area contributed by atoms with Crippen LogP contribution in [-0.2, 0) is 0 Å². The first-order chi connectivity index (χ1) is 3.81. The molecule has 0 aliphatic carbocycles. The number of hydrogen-bond acceptors (Lipinski definition) is 1. The minimum Gasteiger partial charge on any atom is -0.165 e. The third-order valence-corrected chi connectivity index (χ3v) is 1.92. The van der Waals surface area contributed by atoms with Gasteiger partial charge in [-0.2, -0.15) is 11.8 Å². The minimum atomic E-state index is 0.808. The van der Waals surface area contributed by atoms with Gasteiger partial charge >= 0.3 is 0 Å². The monoisotopic (exact) mass is 130 g/mol. The molecule has 0 aliphatic rings. The Balaban J connectivity index is 3.03. The number of rotatable bonds is 4. The fraction of sp³-hybridized carbons (Fsp3) is 0.714. The largest absolute Gasteiger partial charge is 0.165 e. The molecule has 0 aromatic carbocycles. The molecule has 0 aromatic heterocycles. The maximum atomic E-state index is 3.67. The van der Waals surface area contributed by atoms with Crippen LogP contribution in [0.25, 0.3) is 0 Å². The van der Waals surface area contributed by atoms with Gasteiger partial charge in [0.2, 0.25) is 0 Å². The highest BCUT2D eigenvalue weighted by Crippen LogP contribution is 2.07. The van der Waals surface area contributed by atoms with Gasteiger partial charge in [-0.1, -0.05) is 13.0 Å². The van der Waals surface area contributed by atoms with Gasteiger partial charge in [-0.3, -0.25) is 0 Å². The van der Waals surface area contributed by atoms with E-state index in [-0.39, 0.29) is 0 Å². The summed E-state index contributed by atoms with van der Waals surface area (Å²) in [5, 5.41) is 0. The maximum Gasteiger partial charge on any atom is -0.00416 e. The Bertz CT molecular complexity index is 59.4. The minimum absolute atomic E-state index is 0.808. The second-order valence-electron chi connectivity index (χ2n) is 2.08. The van der Waals surface area contributed by atoms with E-state index in [1.165, 1.54) is 5.75 Å². The summed E-state index contributed by atoms with van der Waals surface area (Å²) < 4.78 is 0. The number of thioether (sulfide) groups is 1. The molecule has 8 heavy (non-hydrogen) atoms. The Hall–Kier alpha value is 0.0900. The molecule has 0 saturated heterocycles. The summed E-state index contributed by atoms with van der Waals surface area (Å²) in [6.07, 6.45) is 5.28. The van der Waals surface area contributed by atoms with Crippen LogP contribution < -0.4 is 0 Å². The first-order valence-corrected chi connectivity index (χ1v) is 4.30. The quantitative estimate of drug-likeness (QED) is 0.527. The Morgan fingerprint density at radius 3 is 2.75 bits per heavy atom. The zero-order chi connectivity index (χ0) is 6.41. The molecule has 0 fully saturated rings. The van der Waals surface area contributed by atoms with Gasteiger partial charge in [-0.05, 0) is 24.3 Å². The maximum absolute atomic E-state index is 3.67. The summed E-state index contributed by atoms with van der Waals surface area (Å²) in [5.41, 5.74) is 0. The molecule has 0 radical (unpaired) electrons. The molecule has 0 N–H and O–H groups in total. The second-order valence-corrected chi connectivity index (χ2v) is 3.00. The highest BCUT2D eigenvalue weighted by molar-refractivity contribution is 7.98. The van der Waals surface area contributed by atoms with Gasteiger partial charge in [-0.15, -0.1) is 6.58 Å². The van der Waals surface area contributed by atoms with E-state index in [1.807, 2.05) is 17.8 Å². The van der Waals surface area contributed by atoms with Crippen molar-refractivity contribution < 1.29 is 0 Å². The molecule has 0 bridgehead atoms. The molecule has 1 atom stereocenters. The molecular formula is C7H14S. The fourth-order valence-corrected chi connectivity index (χ4v) is 1.34. The van der Waals surface area contributed by atoms with Gasteiger partial charge < -0.3 is 0 Å². The van der Waals surface area contributed by atoms with Crippen LogP contribution in [-0.4, -0.2) is 12.0 Å². The van der Waals surface area contributed by atoms with Gasteiger partial charge in [0.15, 0.2) is 0 Å². The first kappa shape index (κ1) is 8.09. The predicted molar refractivity (Wildman–Crippen MR) is 42.4 cm³/mol. The molecule has 0 nitrogen and oxygen atoms in total. The lowest BCUT2D eigenvalue weighted by molar-refractivity contribution is 0.677. The van der Waals surface area contributed by atoms with Crippen LogP contribution in [0.5, 0.6) is 0 Å². The molecule has 0 rings (SSSR count). The van der Waals surface area contributed by atoms with E-state index in [0.717, 1.165) is 12.3 Å². The zero-order valence-electron chi connectivity index (χ0n) is 5.68. The SMILES string of the molecule is C=CCC(C)CSC. The summed E-state index contributed by atoms with van der Waals surface area (Å²) >= 11 is 1.90. The third kappa shape index (κ3) is 4.25. The van der Waals surface area contributed by atoms with Crippen LogP contribution in [0.3, 0.4) is 0 Å². The lowest BCUT2D eigenvalue weighted by atomic mass is 10.1. The molecule has 0 spiro atoms. The van der Waals surface area contributed by atoms with Crippen molar-refractivity contribution >= 4 is 11.8 Å². The average molecular weight is 130 g/mol. The van der Waals surface area contributed by atoms with Crippen LogP contribution in [0.1, 0.15) is 13.3 Å². The van der Waals surface area contributed by atoms with E-state index >= 15 is 0 Å². The van der Waals surface area contributed by atoms with Crippen LogP contribution in [0, 0.1) is 5.92 Å². The molecule has 0 heterocycles.